The van der Waals surface area contributed by atoms with Crippen molar-refractivity contribution in [1.82, 2.24) is 14.7 Å². The SMILES string of the molecule is CCN(Cc1ccc2c(c1)OCO2)C(=O)Cn1ncc(=O)c2ccccc21. The van der Waals surface area contributed by atoms with Crippen molar-refractivity contribution in [2.24, 2.45) is 0 Å². The molecule has 7 nitrogen and oxygen atoms in total. The molecule has 1 aliphatic heterocycles. The highest BCUT2D eigenvalue weighted by molar-refractivity contribution is 5.81. The van der Waals surface area contributed by atoms with Crippen LogP contribution >= 0.6 is 0 Å². The van der Waals surface area contributed by atoms with Crippen molar-refractivity contribution >= 4 is 16.8 Å². The lowest BCUT2D eigenvalue weighted by Crippen LogP contribution is -2.34. The lowest BCUT2D eigenvalue weighted by molar-refractivity contribution is -0.132. The highest BCUT2D eigenvalue weighted by atomic mass is 16.7. The second kappa shape index (κ2) is 7.11. The van der Waals surface area contributed by atoms with Crippen molar-refractivity contribution in [2.45, 2.75) is 20.0 Å². The topological polar surface area (TPSA) is 73.7 Å². The summed E-state index contributed by atoms with van der Waals surface area (Å²) in [5.41, 5.74) is 1.46. The molecule has 3 aromatic rings. The van der Waals surface area contributed by atoms with E-state index in [9.17, 15) is 9.59 Å². The van der Waals surface area contributed by atoms with Gasteiger partial charge in [0.15, 0.2) is 11.5 Å². The zero-order valence-electron chi connectivity index (χ0n) is 14.9. The van der Waals surface area contributed by atoms with Crippen molar-refractivity contribution in [1.29, 1.82) is 0 Å². The molecule has 7 heteroatoms. The molecule has 2 heterocycles. The third-order valence-corrected chi connectivity index (χ3v) is 4.59. The van der Waals surface area contributed by atoms with E-state index in [1.165, 1.54) is 6.20 Å². The third-order valence-electron chi connectivity index (χ3n) is 4.59. The van der Waals surface area contributed by atoms with Crippen molar-refractivity contribution in [3.05, 3.63) is 64.4 Å². The Morgan fingerprint density at radius 3 is 2.85 bits per heavy atom. The van der Waals surface area contributed by atoms with Crippen LogP contribution in [-0.4, -0.2) is 33.9 Å². The fourth-order valence-corrected chi connectivity index (χ4v) is 3.15. The van der Waals surface area contributed by atoms with Crippen LogP contribution < -0.4 is 14.9 Å². The first-order valence-corrected chi connectivity index (χ1v) is 8.77. The molecule has 0 saturated carbocycles. The van der Waals surface area contributed by atoms with Crippen LogP contribution in [0.3, 0.4) is 0 Å². The second-order valence-corrected chi connectivity index (χ2v) is 6.28. The molecule has 138 valence electrons. The predicted octanol–water partition coefficient (Wildman–Crippen LogP) is 2.17. The number of benzene rings is 2. The largest absolute Gasteiger partial charge is 0.454 e. The van der Waals surface area contributed by atoms with E-state index in [0.29, 0.717) is 29.7 Å². The average molecular weight is 365 g/mol. The summed E-state index contributed by atoms with van der Waals surface area (Å²) in [6.45, 7) is 3.25. The van der Waals surface area contributed by atoms with Gasteiger partial charge in [-0.1, -0.05) is 18.2 Å². The number of ether oxygens (including phenoxy) is 2. The van der Waals surface area contributed by atoms with Gasteiger partial charge in [0, 0.05) is 18.5 Å². The van der Waals surface area contributed by atoms with Crippen molar-refractivity contribution < 1.29 is 14.3 Å². The number of para-hydroxylation sites is 1. The number of hydrogen-bond donors (Lipinski definition) is 0. The van der Waals surface area contributed by atoms with Crippen LogP contribution in [0.4, 0.5) is 0 Å². The van der Waals surface area contributed by atoms with Gasteiger partial charge in [-0.05, 0) is 36.8 Å². The summed E-state index contributed by atoms with van der Waals surface area (Å²) in [6.07, 6.45) is 1.25. The maximum absolute atomic E-state index is 12.8. The lowest BCUT2D eigenvalue weighted by atomic mass is 10.2. The minimum Gasteiger partial charge on any atom is -0.454 e. The quantitative estimate of drug-likeness (QED) is 0.693. The van der Waals surface area contributed by atoms with Gasteiger partial charge in [0.05, 0.1) is 11.7 Å². The Hall–Kier alpha value is -3.35. The van der Waals surface area contributed by atoms with Gasteiger partial charge in [-0.15, -0.1) is 0 Å². The second-order valence-electron chi connectivity index (χ2n) is 6.28. The maximum atomic E-state index is 12.8. The Bertz CT molecular complexity index is 1060. The smallest absolute Gasteiger partial charge is 0.244 e. The molecule has 0 aliphatic carbocycles. The molecule has 1 amide bonds. The molecule has 0 fully saturated rings. The van der Waals surface area contributed by atoms with Gasteiger partial charge in [0.25, 0.3) is 0 Å². The first kappa shape index (κ1) is 17.1. The Morgan fingerprint density at radius 1 is 1.19 bits per heavy atom. The molecule has 0 saturated heterocycles. The molecule has 27 heavy (non-hydrogen) atoms. The van der Waals surface area contributed by atoms with Crippen LogP contribution in [0.25, 0.3) is 10.9 Å². The number of carbonyl (C=O) groups is 1. The molecule has 1 aliphatic rings. The molecular formula is C20H19N3O4. The number of likely N-dealkylation sites (N-methyl/N-ethyl adjacent to an activating group) is 1. The molecule has 0 spiro atoms. The lowest BCUT2D eigenvalue weighted by Gasteiger charge is -2.22. The van der Waals surface area contributed by atoms with Gasteiger partial charge in [-0.25, -0.2) is 0 Å². The fraction of sp³-hybridized carbons (Fsp3) is 0.250. The number of nitrogens with zero attached hydrogens (tertiary/aromatic N) is 3. The van der Waals surface area contributed by atoms with E-state index in [1.807, 2.05) is 31.2 Å². The Kier molecular flexibility index (Phi) is 4.50. The van der Waals surface area contributed by atoms with Crippen LogP contribution in [0.5, 0.6) is 11.5 Å². The van der Waals surface area contributed by atoms with Crippen LogP contribution in [-0.2, 0) is 17.9 Å². The van der Waals surface area contributed by atoms with Crippen molar-refractivity contribution in [3.8, 4) is 11.5 Å². The zero-order chi connectivity index (χ0) is 18.8. The minimum absolute atomic E-state index is 0.0686. The molecule has 1 aromatic heterocycles. The average Bonchev–Trinajstić information content (AvgIpc) is 3.16. The molecule has 0 radical (unpaired) electrons. The Morgan fingerprint density at radius 2 is 2.00 bits per heavy atom. The fourth-order valence-electron chi connectivity index (χ4n) is 3.15. The highest BCUT2D eigenvalue weighted by Gasteiger charge is 2.17. The predicted molar refractivity (Wildman–Crippen MR) is 99.7 cm³/mol. The monoisotopic (exact) mass is 365 g/mol. The van der Waals surface area contributed by atoms with Gasteiger partial charge in [-0.2, -0.15) is 5.10 Å². The number of rotatable bonds is 5. The normalized spacial score (nSPS) is 12.3. The Labute approximate surface area is 155 Å². The van der Waals surface area contributed by atoms with E-state index in [0.717, 1.165) is 11.3 Å². The maximum Gasteiger partial charge on any atom is 0.244 e. The number of hydrogen-bond acceptors (Lipinski definition) is 5. The van der Waals surface area contributed by atoms with E-state index < -0.39 is 0 Å². The summed E-state index contributed by atoms with van der Waals surface area (Å²) in [7, 11) is 0. The third kappa shape index (κ3) is 3.36. The van der Waals surface area contributed by atoms with Gasteiger partial charge in [-0.3, -0.25) is 14.3 Å². The molecule has 4 rings (SSSR count). The molecule has 2 aromatic carbocycles. The van der Waals surface area contributed by atoms with Crippen LogP contribution in [0, 0.1) is 0 Å². The highest BCUT2D eigenvalue weighted by Crippen LogP contribution is 2.32. The van der Waals surface area contributed by atoms with Crippen LogP contribution in [0.1, 0.15) is 12.5 Å². The first-order chi connectivity index (χ1) is 13.2. The molecule has 0 N–H and O–H groups in total. The summed E-state index contributed by atoms with van der Waals surface area (Å²) < 4.78 is 12.3. The van der Waals surface area contributed by atoms with Gasteiger partial charge >= 0.3 is 0 Å². The number of carbonyl (C=O) groups excluding carboxylic acids is 1. The van der Waals surface area contributed by atoms with E-state index in [4.69, 9.17) is 9.47 Å². The van der Waals surface area contributed by atoms with E-state index in [1.54, 1.807) is 27.8 Å². The summed E-state index contributed by atoms with van der Waals surface area (Å²) in [5, 5.41) is 4.69. The summed E-state index contributed by atoms with van der Waals surface area (Å²) in [6, 6.07) is 12.8. The van der Waals surface area contributed by atoms with Crippen molar-refractivity contribution in [2.75, 3.05) is 13.3 Å². The number of aromatic nitrogens is 2. The standard InChI is InChI=1S/C20H19N3O4/c1-2-22(11-14-7-8-18-19(9-14)27-13-26-18)20(25)12-23-16-6-4-3-5-15(16)17(24)10-21-23/h3-10H,2,11-13H2,1H3. The van der Waals surface area contributed by atoms with Crippen LogP contribution in [0.2, 0.25) is 0 Å². The molecule has 0 atom stereocenters. The van der Waals surface area contributed by atoms with Crippen molar-refractivity contribution in [3.63, 3.8) is 0 Å². The molecule has 0 unspecified atom stereocenters. The number of fused-ring (bicyclic) bond motifs is 2. The minimum atomic E-state index is -0.151. The van der Waals surface area contributed by atoms with Gasteiger partial charge < -0.3 is 14.4 Å². The first-order valence-electron chi connectivity index (χ1n) is 8.77. The summed E-state index contributed by atoms with van der Waals surface area (Å²) in [4.78, 5) is 26.5. The van der Waals surface area contributed by atoms with E-state index in [2.05, 4.69) is 5.10 Å². The number of amides is 1. The van der Waals surface area contributed by atoms with Gasteiger partial charge in [0.2, 0.25) is 18.1 Å². The van der Waals surface area contributed by atoms with Gasteiger partial charge in [0.1, 0.15) is 6.54 Å². The van der Waals surface area contributed by atoms with Crippen LogP contribution in [0.15, 0.2) is 53.5 Å². The Balaban J connectivity index is 1.55. The summed E-state index contributed by atoms with van der Waals surface area (Å²) >= 11 is 0. The molecular weight excluding hydrogens is 346 g/mol. The zero-order valence-corrected chi connectivity index (χ0v) is 14.9. The van der Waals surface area contributed by atoms with E-state index >= 15 is 0 Å². The molecule has 0 bridgehead atoms. The summed E-state index contributed by atoms with van der Waals surface area (Å²) in [5.74, 6) is 1.34. The van der Waals surface area contributed by atoms with E-state index in [-0.39, 0.29) is 24.7 Å².